The van der Waals surface area contributed by atoms with Gasteiger partial charge in [-0.25, -0.2) is 0 Å². The Hall–Kier alpha value is -3.83. The molecule has 0 fully saturated rings. The van der Waals surface area contributed by atoms with Gasteiger partial charge < -0.3 is 9.40 Å². The Morgan fingerprint density at radius 3 is 2.27 bits per heavy atom. The molecule has 1 radical (unpaired) electrons. The predicted molar refractivity (Wildman–Crippen MR) is 205 cm³/mol. The monoisotopic (exact) mass is 888 g/mol. The van der Waals surface area contributed by atoms with E-state index in [1.807, 2.05) is 81.4 Å². The van der Waals surface area contributed by atoms with Gasteiger partial charge >= 0.3 is 106 Å². The zero-order valence-electron chi connectivity index (χ0n) is 34.0. The molecule has 4 aromatic carbocycles. The number of pyridine rings is 2. The SMILES string of the molecule is Cc1cc(-c2[c-]cccc2)nc[c]1[Ge]([CH3])([CH3])[CH3].[2H]C([2H])([2H])c1ccc(-c2ccc3oc4c(-c5cc(C([2H])([2H])C(C)(C)C)ccn5)[c-]ccc4c3c2)cc1.[Ir]. The molecule has 0 amide bonds. The summed E-state index contributed by atoms with van der Waals surface area (Å²) in [5, 5.41) is 1.84. The normalized spacial score (nSPS) is 13.7. The molecule has 0 aliphatic carbocycles. The van der Waals surface area contributed by atoms with Crippen LogP contribution in [0.15, 0.2) is 114 Å². The van der Waals surface area contributed by atoms with Gasteiger partial charge in [0.05, 0.1) is 5.58 Å². The summed E-state index contributed by atoms with van der Waals surface area (Å²) in [6.45, 7) is 5.71. The van der Waals surface area contributed by atoms with Gasteiger partial charge in [-0.2, -0.15) is 0 Å². The van der Waals surface area contributed by atoms with E-state index in [1.165, 1.54) is 9.96 Å². The maximum Gasteiger partial charge on any atom is 0.120 e. The van der Waals surface area contributed by atoms with Gasteiger partial charge in [0.1, 0.15) is 5.58 Å². The van der Waals surface area contributed by atoms with Crippen LogP contribution in [-0.4, -0.2) is 23.2 Å². The minimum Gasteiger partial charge on any atom is -0.501 e. The van der Waals surface area contributed by atoms with Gasteiger partial charge in [-0.1, -0.05) is 79.2 Å². The van der Waals surface area contributed by atoms with Crippen molar-refractivity contribution >= 4 is 39.6 Å². The fourth-order valence-corrected chi connectivity index (χ4v) is 9.47. The first-order valence-electron chi connectivity index (χ1n) is 18.7. The van der Waals surface area contributed by atoms with Crippen LogP contribution in [-0.2, 0) is 26.5 Å². The molecule has 5 heteroatoms. The first-order chi connectivity index (χ1) is 24.8. The smallest absolute Gasteiger partial charge is 0.120 e. The maximum absolute atomic E-state index is 8.66. The molecule has 0 N–H and O–H groups in total. The average Bonchev–Trinajstić information content (AvgIpc) is 3.49. The zero-order valence-corrected chi connectivity index (χ0v) is 33.5. The molecule has 251 valence electrons. The molecule has 0 atom stereocenters. The molecule has 0 aliphatic heterocycles. The fraction of sp³-hybridized carbons (Fsp3) is 0.227. The van der Waals surface area contributed by atoms with Crippen LogP contribution in [0, 0.1) is 31.3 Å². The van der Waals surface area contributed by atoms with E-state index in [0.717, 1.165) is 38.7 Å². The largest absolute Gasteiger partial charge is 0.501 e. The molecule has 0 spiro atoms. The number of fused-ring (bicyclic) bond motifs is 3. The van der Waals surface area contributed by atoms with Crippen molar-refractivity contribution in [2.75, 3.05) is 0 Å². The van der Waals surface area contributed by atoms with E-state index in [2.05, 4.69) is 64.6 Å². The third-order valence-electron chi connectivity index (χ3n) is 8.09. The number of furan rings is 1. The van der Waals surface area contributed by atoms with Crippen LogP contribution in [0.25, 0.3) is 55.6 Å². The summed E-state index contributed by atoms with van der Waals surface area (Å²) in [6.07, 6.45) is 2.16. The standard InChI is InChI=1S/C29H26NO.C15H18GeN.Ir/c1-19-8-10-21(11-9-19)22-12-13-27-25(17-22)23-6-5-7-24(28(23)31-27)26-16-20(14-15-30-26)18-29(2,3)4;1-12-10-15(13-8-6-5-7-9-13)17-11-14(12)16(2,3)4;/h5-6,8-17H,18H2,1-4H3;5-8,10-11H,1-4H3;/q2*-1;/i1D3,18D2;;. The fourth-order valence-electron chi connectivity index (χ4n) is 5.89. The summed E-state index contributed by atoms with van der Waals surface area (Å²) < 4.78 is 47.8. The quantitative estimate of drug-likeness (QED) is 0.128. The van der Waals surface area contributed by atoms with Crippen molar-refractivity contribution in [2.24, 2.45) is 5.41 Å². The molecule has 3 heterocycles. The second-order valence-electron chi connectivity index (χ2n) is 14.2. The van der Waals surface area contributed by atoms with Crippen molar-refractivity contribution in [1.29, 1.82) is 0 Å². The first-order valence-corrected chi connectivity index (χ1v) is 23.6. The van der Waals surface area contributed by atoms with E-state index < -0.39 is 31.9 Å². The summed E-state index contributed by atoms with van der Waals surface area (Å²) in [5.41, 5.74) is 8.27. The Kier molecular flexibility index (Phi) is 9.17. The molecule has 0 saturated carbocycles. The Labute approximate surface area is 315 Å². The van der Waals surface area contributed by atoms with Crippen molar-refractivity contribution in [3.63, 3.8) is 0 Å². The molecule has 7 aromatic rings. The molecule has 7 rings (SSSR count). The first kappa shape index (κ1) is 30.0. The topological polar surface area (TPSA) is 38.9 Å². The van der Waals surface area contributed by atoms with Crippen LogP contribution < -0.4 is 4.40 Å². The van der Waals surface area contributed by atoms with Gasteiger partial charge in [0.2, 0.25) is 0 Å². The summed E-state index contributed by atoms with van der Waals surface area (Å²) in [6, 6.07) is 36.8. The van der Waals surface area contributed by atoms with E-state index in [1.54, 1.807) is 30.5 Å². The number of rotatable bonds is 5. The Balaban J connectivity index is 0.000000262. The van der Waals surface area contributed by atoms with E-state index in [9.17, 15) is 0 Å². The third kappa shape index (κ3) is 8.67. The Morgan fingerprint density at radius 1 is 0.816 bits per heavy atom. The molecule has 0 aliphatic rings. The van der Waals surface area contributed by atoms with Crippen molar-refractivity contribution in [3.8, 4) is 33.6 Å². The van der Waals surface area contributed by atoms with Crippen LogP contribution in [0.4, 0.5) is 0 Å². The van der Waals surface area contributed by atoms with Crippen LogP contribution >= 0.6 is 0 Å². The number of hydrogen-bond acceptors (Lipinski definition) is 3. The molecule has 49 heavy (non-hydrogen) atoms. The number of nitrogens with zero attached hydrogens (tertiary/aromatic N) is 2. The molecule has 0 unspecified atom stereocenters. The van der Waals surface area contributed by atoms with Crippen molar-refractivity contribution < 1.29 is 31.4 Å². The molecule has 0 saturated heterocycles. The van der Waals surface area contributed by atoms with E-state index in [0.29, 0.717) is 28.0 Å². The second kappa shape index (κ2) is 15.0. The number of aromatic nitrogens is 2. The maximum atomic E-state index is 8.66. The van der Waals surface area contributed by atoms with Gasteiger partial charge in [0, 0.05) is 38.5 Å². The van der Waals surface area contributed by atoms with Crippen molar-refractivity contribution in [3.05, 3.63) is 138 Å². The van der Waals surface area contributed by atoms with Crippen LogP contribution in [0.2, 0.25) is 17.3 Å². The number of aryl methyl sites for hydroxylation is 2. The predicted octanol–water partition coefficient (Wildman–Crippen LogP) is 11.4. The van der Waals surface area contributed by atoms with Gasteiger partial charge in [-0.15, -0.1) is 18.2 Å². The number of hydrogen-bond donors (Lipinski definition) is 0. The van der Waals surface area contributed by atoms with Crippen LogP contribution in [0.1, 0.15) is 44.3 Å². The Morgan fingerprint density at radius 2 is 1.59 bits per heavy atom. The van der Waals surface area contributed by atoms with Gasteiger partial charge in [-0.05, 0) is 53.7 Å². The minimum atomic E-state index is -2.13. The minimum absolute atomic E-state index is 0. The zero-order chi connectivity index (χ0) is 38.3. The summed E-state index contributed by atoms with van der Waals surface area (Å²) >= 11 is -1.77. The van der Waals surface area contributed by atoms with Crippen LogP contribution in [0.5, 0.6) is 0 Å². The van der Waals surface area contributed by atoms with E-state index in [4.69, 9.17) is 11.3 Å². The van der Waals surface area contributed by atoms with Gasteiger partial charge in [0.15, 0.2) is 0 Å². The van der Waals surface area contributed by atoms with Crippen LogP contribution in [0.3, 0.4) is 0 Å². The summed E-state index contributed by atoms with van der Waals surface area (Å²) in [7, 11) is 0. The second-order valence-corrected chi connectivity index (χ2v) is 24.8. The average molecular weight is 887 g/mol. The summed E-state index contributed by atoms with van der Waals surface area (Å²) in [4.78, 5) is 9.11. The number of benzene rings is 4. The van der Waals surface area contributed by atoms with E-state index in [-0.39, 0.29) is 20.1 Å². The third-order valence-corrected chi connectivity index (χ3v) is 12.6. The van der Waals surface area contributed by atoms with Crippen molar-refractivity contribution in [1.82, 2.24) is 9.97 Å². The van der Waals surface area contributed by atoms with Gasteiger partial charge in [-0.3, -0.25) is 0 Å². The molecule has 3 aromatic heterocycles. The summed E-state index contributed by atoms with van der Waals surface area (Å²) in [5.74, 6) is 7.20. The van der Waals surface area contributed by atoms with Gasteiger partial charge in [0.25, 0.3) is 0 Å². The molecular weight excluding hydrogens is 837 g/mol. The Bertz CT molecular complexity index is 2390. The molecular formula is C44H44GeIrN2O-2. The molecule has 3 nitrogen and oxygen atoms in total. The van der Waals surface area contributed by atoms with E-state index >= 15 is 0 Å². The van der Waals surface area contributed by atoms with Crippen molar-refractivity contribution in [2.45, 2.75) is 58.2 Å². The molecule has 0 bridgehead atoms.